The van der Waals surface area contributed by atoms with Crippen LogP contribution in [0.4, 0.5) is 5.82 Å². The zero-order chi connectivity index (χ0) is 17.9. The minimum atomic E-state index is 0.213. The van der Waals surface area contributed by atoms with Gasteiger partial charge in [-0.1, -0.05) is 11.6 Å². The first-order chi connectivity index (χ1) is 12.7. The van der Waals surface area contributed by atoms with E-state index < -0.39 is 0 Å². The number of carbonyl (C=O) groups excluding carboxylic acids is 1. The molecule has 0 aromatic carbocycles. The molecular weight excluding hydrogens is 348 g/mol. The number of carbonyl (C=O) groups is 1. The molecule has 0 aliphatic carbocycles. The van der Waals surface area contributed by atoms with Gasteiger partial charge < -0.3 is 9.80 Å². The van der Waals surface area contributed by atoms with Gasteiger partial charge in [0.25, 0.3) is 0 Å². The van der Waals surface area contributed by atoms with Gasteiger partial charge in [0.05, 0.1) is 10.9 Å². The number of halogens is 1. The van der Waals surface area contributed by atoms with Crippen molar-refractivity contribution in [3.05, 3.63) is 23.4 Å². The maximum Gasteiger partial charge on any atom is 0.226 e. The average Bonchev–Trinajstić information content (AvgIpc) is 3.23. The van der Waals surface area contributed by atoms with Crippen LogP contribution in [0.2, 0.25) is 5.02 Å². The summed E-state index contributed by atoms with van der Waals surface area (Å²) >= 11 is 6.30. The SMILES string of the molecule is O=C(C1CCCN(C2CCN(c3ncccc3Cl)CC2)C1)N1CCCC1. The molecule has 3 fully saturated rings. The fourth-order valence-corrected chi connectivity index (χ4v) is 5.03. The molecule has 3 aliphatic heterocycles. The number of nitrogens with zero attached hydrogens (tertiary/aromatic N) is 4. The Labute approximate surface area is 161 Å². The number of amides is 1. The van der Waals surface area contributed by atoms with Gasteiger partial charge in [0.2, 0.25) is 5.91 Å². The van der Waals surface area contributed by atoms with E-state index in [0.29, 0.717) is 11.9 Å². The van der Waals surface area contributed by atoms with Crippen molar-refractivity contribution in [3.8, 4) is 0 Å². The van der Waals surface area contributed by atoms with Crippen LogP contribution in [0, 0.1) is 5.92 Å². The molecule has 1 aromatic heterocycles. The highest BCUT2D eigenvalue weighted by atomic mass is 35.5. The van der Waals surface area contributed by atoms with Crippen molar-refractivity contribution < 1.29 is 4.79 Å². The zero-order valence-corrected chi connectivity index (χ0v) is 16.2. The fraction of sp³-hybridized carbons (Fsp3) is 0.700. The zero-order valence-electron chi connectivity index (χ0n) is 15.4. The Balaban J connectivity index is 1.32. The van der Waals surface area contributed by atoms with Crippen LogP contribution in [0.15, 0.2) is 18.3 Å². The Morgan fingerprint density at radius 3 is 2.54 bits per heavy atom. The first kappa shape index (κ1) is 18.1. The number of pyridine rings is 1. The second-order valence-corrected chi connectivity index (χ2v) is 8.30. The van der Waals surface area contributed by atoms with Crippen LogP contribution in [0.3, 0.4) is 0 Å². The number of rotatable bonds is 3. The first-order valence-electron chi connectivity index (χ1n) is 10.1. The van der Waals surface area contributed by atoms with Crippen molar-refractivity contribution in [2.24, 2.45) is 5.92 Å². The van der Waals surface area contributed by atoms with Gasteiger partial charge in [-0.05, 0) is 57.2 Å². The summed E-state index contributed by atoms with van der Waals surface area (Å²) in [4.78, 5) is 24.2. The summed E-state index contributed by atoms with van der Waals surface area (Å²) in [5, 5.41) is 0.736. The number of likely N-dealkylation sites (tertiary alicyclic amines) is 2. The average molecular weight is 377 g/mol. The van der Waals surface area contributed by atoms with E-state index in [2.05, 4.69) is 19.7 Å². The lowest BCUT2D eigenvalue weighted by molar-refractivity contribution is -0.136. The lowest BCUT2D eigenvalue weighted by Crippen LogP contribution is -2.51. The van der Waals surface area contributed by atoms with Crippen molar-refractivity contribution in [2.75, 3.05) is 44.2 Å². The molecule has 1 atom stereocenters. The summed E-state index contributed by atoms with van der Waals surface area (Å²) < 4.78 is 0. The molecule has 3 saturated heterocycles. The molecular formula is C20H29ClN4O. The quantitative estimate of drug-likeness (QED) is 0.812. The van der Waals surface area contributed by atoms with Crippen molar-refractivity contribution in [3.63, 3.8) is 0 Å². The normalized spacial score (nSPS) is 25.7. The largest absolute Gasteiger partial charge is 0.355 e. The molecule has 6 heteroatoms. The molecule has 1 unspecified atom stereocenters. The summed E-state index contributed by atoms with van der Waals surface area (Å²) in [6, 6.07) is 4.38. The van der Waals surface area contributed by atoms with Crippen LogP contribution in [0.25, 0.3) is 0 Å². The molecule has 0 bridgehead atoms. The predicted octanol–water partition coefficient (Wildman–Crippen LogP) is 3.04. The number of hydrogen-bond acceptors (Lipinski definition) is 4. The van der Waals surface area contributed by atoms with E-state index in [1.807, 2.05) is 18.3 Å². The molecule has 3 aliphatic rings. The van der Waals surface area contributed by atoms with Gasteiger partial charge in [0, 0.05) is 45.0 Å². The molecule has 142 valence electrons. The highest BCUT2D eigenvalue weighted by Crippen LogP contribution is 2.29. The molecule has 0 N–H and O–H groups in total. The van der Waals surface area contributed by atoms with Gasteiger partial charge in [0.15, 0.2) is 0 Å². The lowest BCUT2D eigenvalue weighted by Gasteiger charge is -2.42. The Bertz CT molecular complexity index is 626. The van der Waals surface area contributed by atoms with Gasteiger partial charge in [-0.3, -0.25) is 9.69 Å². The molecule has 5 nitrogen and oxygen atoms in total. The molecule has 0 saturated carbocycles. The summed E-state index contributed by atoms with van der Waals surface area (Å²) in [7, 11) is 0. The van der Waals surface area contributed by atoms with Crippen LogP contribution < -0.4 is 4.90 Å². The van der Waals surface area contributed by atoms with Crippen LogP contribution in [-0.4, -0.2) is 66.0 Å². The topological polar surface area (TPSA) is 39.7 Å². The summed E-state index contributed by atoms with van der Waals surface area (Å²) in [5.74, 6) is 1.53. The molecule has 4 heterocycles. The monoisotopic (exact) mass is 376 g/mol. The predicted molar refractivity (Wildman–Crippen MR) is 105 cm³/mol. The van der Waals surface area contributed by atoms with E-state index in [-0.39, 0.29) is 5.92 Å². The molecule has 1 aromatic rings. The lowest BCUT2D eigenvalue weighted by atomic mass is 9.93. The third-order valence-corrected chi connectivity index (χ3v) is 6.53. The number of anilines is 1. The van der Waals surface area contributed by atoms with Crippen molar-refractivity contribution in [2.45, 2.75) is 44.6 Å². The van der Waals surface area contributed by atoms with E-state index >= 15 is 0 Å². The highest BCUT2D eigenvalue weighted by Gasteiger charge is 2.34. The summed E-state index contributed by atoms with van der Waals surface area (Å²) in [6.07, 6.45) is 8.62. The molecule has 1 amide bonds. The van der Waals surface area contributed by atoms with Crippen LogP contribution in [-0.2, 0) is 4.79 Å². The number of piperidine rings is 2. The Kier molecular flexibility index (Phi) is 5.65. The minimum absolute atomic E-state index is 0.213. The van der Waals surface area contributed by atoms with Gasteiger partial charge in [-0.2, -0.15) is 0 Å². The molecule has 26 heavy (non-hydrogen) atoms. The first-order valence-corrected chi connectivity index (χ1v) is 10.5. The third-order valence-electron chi connectivity index (χ3n) is 6.24. The van der Waals surface area contributed by atoms with Gasteiger partial charge in [-0.25, -0.2) is 4.98 Å². The van der Waals surface area contributed by atoms with E-state index in [0.717, 1.165) is 75.8 Å². The smallest absolute Gasteiger partial charge is 0.226 e. The van der Waals surface area contributed by atoms with Crippen molar-refractivity contribution >= 4 is 23.3 Å². The van der Waals surface area contributed by atoms with E-state index in [1.165, 1.54) is 12.8 Å². The van der Waals surface area contributed by atoms with Crippen molar-refractivity contribution in [1.29, 1.82) is 0 Å². The fourth-order valence-electron chi connectivity index (χ4n) is 4.79. The minimum Gasteiger partial charge on any atom is -0.355 e. The standard InChI is InChI=1S/C20H29ClN4O/c21-18-6-3-9-22-19(18)23-13-7-17(8-14-23)25-12-4-5-16(15-25)20(26)24-10-1-2-11-24/h3,6,9,16-17H,1-2,4-5,7-8,10-15H2. The summed E-state index contributed by atoms with van der Waals surface area (Å²) in [6.45, 7) is 6.01. The third kappa shape index (κ3) is 3.84. The Morgan fingerprint density at radius 2 is 1.81 bits per heavy atom. The second kappa shape index (κ2) is 8.13. The highest BCUT2D eigenvalue weighted by molar-refractivity contribution is 6.32. The Hall–Kier alpha value is -1.33. The number of hydrogen-bond donors (Lipinski definition) is 0. The maximum absolute atomic E-state index is 12.8. The van der Waals surface area contributed by atoms with Crippen molar-refractivity contribution in [1.82, 2.24) is 14.8 Å². The summed E-state index contributed by atoms with van der Waals surface area (Å²) in [5.41, 5.74) is 0. The second-order valence-electron chi connectivity index (χ2n) is 7.89. The number of aromatic nitrogens is 1. The van der Waals surface area contributed by atoms with E-state index in [1.54, 1.807) is 0 Å². The van der Waals surface area contributed by atoms with Gasteiger partial charge in [-0.15, -0.1) is 0 Å². The van der Waals surface area contributed by atoms with Gasteiger partial charge >= 0.3 is 0 Å². The van der Waals surface area contributed by atoms with Gasteiger partial charge in [0.1, 0.15) is 5.82 Å². The van der Waals surface area contributed by atoms with E-state index in [9.17, 15) is 4.79 Å². The van der Waals surface area contributed by atoms with Crippen LogP contribution in [0.5, 0.6) is 0 Å². The maximum atomic E-state index is 12.8. The van der Waals surface area contributed by atoms with Crippen LogP contribution >= 0.6 is 11.6 Å². The Morgan fingerprint density at radius 1 is 1.04 bits per heavy atom. The van der Waals surface area contributed by atoms with Crippen LogP contribution in [0.1, 0.15) is 38.5 Å². The molecule has 0 radical (unpaired) electrons. The molecule has 0 spiro atoms. The van der Waals surface area contributed by atoms with E-state index in [4.69, 9.17) is 11.6 Å². The molecule has 4 rings (SSSR count).